The van der Waals surface area contributed by atoms with Crippen LogP contribution in [0.3, 0.4) is 0 Å². The first-order chi connectivity index (χ1) is 12.5. The molecule has 0 radical (unpaired) electrons. The van der Waals surface area contributed by atoms with E-state index in [0.29, 0.717) is 24.2 Å². The Balaban J connectivity index is 2.02. The first-order valence-electron chi connectivity index (χ1n) is 8.20. The van der Waals surface area contributed by atoms with Gasteiger partial charge in [0.15, 0.2) is 18.2 Å². The molecule has 5 nitrogen and oxygen atoms in total. The number of hydrogen-bond acceptors (Lipinski definition) is 5. The van der Waals surface area contributed by atoms with Crippen molar-refractivity contribution in [2.75, 3.05) is 11.4 Å². The van der Waals surface area contributed by atoms with Crippen molar-refractivity contribution in [3.63, 3.8) is 0 Å². The minimum absolute atomic E-state index is 0.123. The molecule has 0 fully saturated rings. The SMILES string of the molecule is C/C=C\C(C(=O)OC)=C(\C)C1=CCC2(C1)C(=O)N(SF)c1ncccc12. The number of methoxy groups -OCH3 is 1. The molecule has 1 atom stereocenters. The molecule has 0 N–H and O–H groups in total. The van der Waals surface area contributed by atoms with E-state index >= 15 is 0 Å². The van der Waals surface area contributed by atoms with E-state index in [0.717, 1.165) is 21.0 Å². The van der Waals surface area contributed by atoms with Crippen molar-refractivity contribution in [1.29, 1.82) is 0 Å². The minimum Gasteiger partial charge on any atom is -0.465 e. The Labute approximate surface area is 156 Å². The second kappa shape index (κ2) is 7.07. The molecule has 1 unspecified atom stereocenters. The zero-order valence-electron chi connectivity index (χ0n) is 14.8. The smallest absolute Gasteiger partial charge is 0.338 e. The standard InChI is InChI=1S/C19H19FN2O3S/c1-4-6-14(17(23)25-3)12(2)13-8-9-19(11-13)15-7-5-10-21-16(15)22(26-20)18(19)24/h4-8,10H,9,11H2,1-3H3/b6-4-,14-12+. The summed E-state index contributed by atoms with van der Waals surface area (Å²) in [5.74, 6) is -0.394. The lowest BCUT2D eigenvalue weighted by molar-refractivity contribution is -0.135. The monoisotopic (exact) mass is 374 g/mol. The number of carbonyl (C=O) groups is 2. The van der Waals surface area contributed by atoms with Crippen LogP contribution in [0.4, 0.5) is 9.70 Å². The number of carbonyl (C=O) groups excluding carboxylic acids is 2. The maximum atomic E-state index is 13.4. The molecule has 2 aliphatic rings. The van der Waals surface area contributed by atoms with E-state index in [-0.39, 0.29) is 18.2 Å². The highest BCUT2D eigenvalue weighted by atomic mass is 32.2. The number of nitrogens with zero attached hydrogens (tertiary/aromatic N) is 2. The number of aromatic nitrogens is 1. The Morgan fingerprint density at radius 3 is 2.92 bits per heavy atom. The largest absolute Gasteiger partial charge is 0.465 e. The average Bonchev–Trinajstić information content (AvgIpc) is 3.21. The third-order valence-electron chi connectivity index (χ3n) is 4.97. The number of amides is 1. The van der Waals surface area contributed by atoms with Gasteiger partial charge in [0.25, 0.3) is 5.91 Å². The van der Waals surface area contributed by atoms with Crippen LogP contribution < -0.4 is 4.31 Å². The molecule has 26 heavy (non-hydrogen) atoms. The summed E-state index contributed by atoms with van der Waals surface area (Å²) in [6.45, 7) is 3.65. The molecule has 7 heteroatoms. The van der Waals surface area contributed by atoms with Crippen molar-refractivity contribution < 1.29 is 18.2 Å². The lowest BCUT2D eigenvalue weighted by Crippen LogP contribution is -2.35. The van der Waals surface area contributed by atoms with Gasteiger partial charge in [0.1, 0.15) is 0 Å². The van der Waals surface area contributed by atoms with Gasteiger partial charge in [0.05, 0.1) is 18.1 Å². The van der Waals surface area contributed by atoms with Gasteiger partial charge in [-0.25, -0.2) is 14.1 Å². The Hall–Kier alpha value is -2.41. The van der Waals surface area contributed by atoms with E-state index in [1.165, 1.54) is 7.11 Å². The molecular formula is C19H19FN2O3S. The van der Waals surface area contributed by atoms with Crippen molar-refractivity contribution in [3.05, 3.63) is 58.8 Å². The first kappa shape index (κ1) is 18.4. The molecule has 1 aliphatic heterocycles. The van der Waals surface area contributed by atoms with E-state index in [1.807, 2.05) is 26.0 Å². The molecular weight excluding hydrogens is 355 g/mol. The van der Waals surface area contributed by atoms with Crippen molar-refractivity contribution >= 4 is 30.0 Å². The number of rotatable bonds is 4. The van der Waals surface area contributed by atoms with Crippen LogP contribution in [0.5, 0.6) is 0 Å². The summed E-state index contributed by atoms with van der Waals surface area (Å²) < 4.78 is 19.3. The van der Waals surface area contributed by atoms with Gasteiger partial charge in [-0.05, 0) is 43.9 Å². The maximum absolute atomic E-state index is 13.4. The van der Waals surface area contributed by atoms with E-state index in [1.54, 1.807) is 24.4 Å². The number of anilines is 1. The summed E-state index contributed by atoms with van der Waals surface area (Å²) in [5.41, 5.74) is 1.96. The third-order valence-corrected chi connectivity index (χ3v) is 5.45. The lowest BCUT2D eigenvalue weighted by atomic mass is 9.78. The summed E-state index contributed by atoms with van der Waals surface area (Å²) in [5, 5.41) is 0. The van der Waals surface area contributed by atoms with Gasteiger partial charge in [-0.2, -0.15) is 0 Å². The molecule has 1 aromatic heterocycles. The highest BCUT2D eigenvalue weighted by Crippen LogP contribution is 2.53. The number of allylic oxidation sites excluding steroid dienone is 4. The first-order valence-corrected chi connectivity index (χ1v) is 8.87. The molecule has 3 rings (SSSR count). The topological polar surface area (TPSA) is 59.5 Å². The predicted octanol–water partition coefficient (Wildman–Crippen LogP) is 3.98. The molecule has 0 aromatic carbocycles. The molecule has 1 amide bonds. The second-order valence-corrected chi connectivity index (χ2v) is 6.77. The summed E-state index contributed by atoms with van der Waals surface area (Å²) >= 11 is -0.123. The fourth-order valence-corrected chi connectivity index (χ4v) is 4.07. The van der Waals surface area contributed by atoms with E-state index in [4.69, 9.17) is 4.74 Å². The number of ether oxygens (including phenoxy) is 1. The third kappa shape index (κ3) is 2.67. The van der Waals surface area contributed by atoms with Crippen LogP contribution in [0, 0.1) is 0 Å². The maximum Gasteiger partial charge on any atom is 0.338 e. The molecule has 1 spiro atoms. The van der Waals surface area contributed by atoms with Gasteiger partial charge in [0.2, 0.25) is 0 Å². The number of fused-ring (bicyclic) bond motifs is 2. The molecule has 0 bridgehead atoms. The fraction of sp³-hybridized carbons (Fsp3) is 0.316. The van der Waals surface area contributed by atoms with Crippen molar-refractivity contribution in [1.82, 2.24) is 4.98 Å². The highest BCUT2D eigenvalue weighted by Gasteiger charge is 2.54. The second-order valence-electron chi connectivity index (χ2n) is 6.27. The number of halogens is 1. The molecule has 136 valence electrons. The summed E-state index contributed by atoms with van der Waals surface area (Å²) in [4.78, 5) is 29.2. The average molecular weight is 374 g/mol. The van der Waals surface area contributed by atoms with Crippen LogP contribution in [-0.2, 0) is 19.7 Å². The van der Waals surface area contributed by atoms with Gasteiger partial charge < -0.3 is 4.74 Å². The summed E-state index contributed by atoms with van der Waals surface area (Å²) in [6.07, 6.45) is 7.79. The van der Waals surface area contributed by atoms with E-state index in [9.17, 15) is 13.5 Å². The number of pyridine rings is 1. The molecule has 0 saturated heterocycles. The number of esters is 1. The highest BCUT2D eigenvalue weighted by molar-refractivity contribution is 7.96. The Kier molecular flexibility index (Phi) is 5.00. The summed E-state index contributed by atoms with van der Waals surface area (Å²) in [7, 11) is 1.34. The Bertz CT molecular complexity index is 862. The van der Waals surface area contributed by atoms with Crippen molar-refractivity contribution in [2.24, 2.45) is 0 Å². The molecule has 1 aliphatic carbocycles. The van der Waals surface area contributed by atoms with Gasteiger partial charge >= 0.3 is 5.97 Å². The van der Waals surface area contributed by atoms with Gasteiger partial charge in [0, 0.05) is 11.8 Å². The lowest BCUT2D eigenvalue weighted by Gasteiger charge is -2.22. The zero-order chi connectivity index (χ0) is 18.9. The predicted molar refractivity (Wildman–Crippen MR) is 98.9 cm³/mol. The summed E-state index contributed by atoms with van der Waals surface area (Å²) in [6, 6.07) is 3.57. The Morgan fingerprint density at radius 2 is 2.27 bits per heavy atom. The minimum atomic E-state index is -0.865. The molecule has 2 heterocycles. The van der Waals surface area contributed by atoms with Gasteiger partial charge in [-0.3, -0.25) is 4.79 Å². The van der Waals surface area contributed by atoms with Gasteiger partial charge in [-0.1, -0.05) is 24.3 Å². The molecule has 1 aromatic rings. The van der Waals surface area contributed by atoms with Crippen LogP contribution in [0.15, 0.2) is 53.3 Å². The van der Waals surface area contributed by atoms with Crippen molar-refractivity contribution in [3.8, 4) is 0 Å². The van der Waals surface area contributed by atoms with Crippen molar-refractivity contribution in [2.45, 2.75) is 32.1 Å². The zero-order valence-corrected chi connectivity index (χ0v) is 15.6. The van der Waals surface area contributed by atoms with Crippen LogP contribution in [0.2, 0.25) is 0 Å². The van der Waals surface area contributed by atoms with Crippen LogP contribution in [-0.4, -0.2) is 24.0 Å². The van der Waals surface area contributed by atoms with E-state index < -0.39 is 11.4 Å². The normalized spacial score (nSPS) is 22.7. The quantitative estimate of drug-likeness (QED) is 0.345. The van der Waals surface area contributed by atoms with Crippen LogP contribution in [0.1, 0.15) is 32.3 Å². The fourth-order valence-electron chi connectivity index (χ4n) is 3.62. The van der Waals surface area contributed by atoms with Crippen LogP contribution >= 0.6 is 12.3 Å². The van der Waals surface area contributed by atoms with Gasteiger partial charge in [-0.15, -0.1) is 3.89 Å². The van der Waals surface area contributed by atoms with E-state index in [2.05, 4.69) is 4.98 Å². The Morgan fingerprint density at radius 1 is 1.50 bits per heavy atom. The number of hydrogen-bond donors (Lipinski definition) is 0. The molecule has 0 saturated carbocycles. The van der Waals surface area contributed by atoms with Crippen LogP contribution in [0.25, 0.3) is 0 Å².